The van der Waals surface area contributed by atoms with Crippen LogP contribution in [0.25, 0.3) is 10.9 Å². The summed E-state index contributed by atoms with van der Waals surface area (Å²) in [5.41, 5.74) is 1.21. The summed E-state index contributed by atoms with van der Waals surface area (Å²) in [6.07, 6.45) is 14.1. The number of nitrogens with one attached hydrogen (secondary N) is 4. The van der Waals surface area contributed by atoms with E-state index >= 15 is 0 Å². The van der Waals surface area contributed by atoms with Gasteiger partial charge >= 0.3 is 0 Å². The van der Waals surface area contributed by atoms with Gasteiger partial charge in [0.25, 0.3) is 5.91 Å². The van der Waals surface area contributed by atoms with Crippen molar-refractivity contribution < 1.29 is 24.0 Å². The number of Topliss-reactive ketones (excluding diaryl/α,β-unsaturated/α-hetero) is 1. The second-order valence-corrected chi connectivity index (χ2v) is 18.5. The summed E-state index contributed by atoms with van der Waals surface area (Å²) in [5, 5.41) is 9.93. The van der Waals surface area contributed by atoms with Crippen molar-refractivity contribution in [2.24, 2.45) is 40.4 Å². The highest BCUT2D eigenvalue weighted by Crippen LogP contribution is 2.61. The number of nitrogens with zero attached hydrogens (tertiary/aromatic N) is 1. The number of benzene rings is 1. The third kappa shape index (κ3) is 6.84. The van der Waals surface area contributed by atoms with E-state index in [-0.39, 0.29) is 41.5 Å². The van der Waals surface area contributed by atoms with E-state index in [2.05, 4.69) is 20.9 Å². The lowest BCUT2D eigenvalue weighted by Gasteiger charge is -2.56. The Morgan fingerprint density at radius 3 is 2.27 bits per heavy atom. The van der Waals surface area contributed by atoms with E-state index in [4.69, 9.17) is 0 Å². The largest absolute Gasteiger partial charge is 0.361 e. The zero-order valence-corrected chi connectivity index (χ0v) is 30.5. The predicted molar refractivity (Wildman–Crippen MR) is 193 cm³/mol. The van der Waals surface area contributed by atoms with Gasteiger partial charge in [0.1, 0.15) is 18.1 Å². The van der Waals surface area contributed by atoms with Crippen LogP contribution in [0.3, 0.4) is 0 Å². The molecule has 1 aromatic heterocycles. The fourth-order valence-corrected chi connectivity index (χ4v) is 11.4. The van der Waals surface area contributed by atoms with Crippen molar-refractivity contribution in [3.63, 3.8) is 0 Å². The molecule has 10 nitrogen and oxygen atoms in total. The standard InChI is InChI=1S/C41H55N5O5/c1-40(2,3)36(45-33(47)20-41-17-23-13-24(18-41)15-25(14-23)19-41)39(51)46-22-26-7-6-9-30(26)34(46)37(49)44-32(35(48)38(50)43-28-11-12-28)16-27-21-42-31-10-5-4-8-29(27)31/h4-5,8,10,21,23-26,28,30,32,34,36,42H,6-7,9,11-20,22H2,1-3H3,(H,43,50)(H,44,49)(H,45,47)/t23?,24?,25?,26-,30-,32-,34-,36+,41?/m0/s1. The monoisotopic (exact) mass is 697 g/mol. The molecule has 7 aliphatic rings. The Balaban J connectivity index is 1.02. The third-order valence-electron chi connectivity index (χ3n) is 13.4. The minimum atomic E-state index is -1.09. The fourth-order valence-electron chi connectivity index (χ4n) is 11.4. The summed E-state index contributed by atoms with van der Waals surface area (Å²) in [4.78, 5) is 74.8. The molecule has 51 heavy (non-hydrogen) atoms. The molecule has 7 fully saturated rings. The zero-order valence-electron chi connectivity index (χ0n) is 30.5. The smallest absolute Gasteiger partial charge is 0.289 e. The van der Waals surface area contributed by atoms with E-state index in [9.17, 15) is 24.0 Å². The Hall–Kier alpha value is -3.69. The second-order valence-electron chi connectivity index (χ2n) is 18.5. The van der Waals surface area contributed by atoms with Gasteiger partial charge in [-0.15, -0.1) is 0 Å². The van der Waals surface area contributed by atoms with Gasteiger partial charge in [-0.2, -0.15) is 0 Å². The summed E-state index contributed by atoms with van der Waals surface area (Å²) in [5.74, 6) is 0.285. The number of hydrogen-bond acceptors (Lipinski definition) is 5. The van der Waals surface area contributed by atoms with Crippen molar-refractivity contribution in [3.05, 3.63) is 36.0 Å². The van der Waals surface area contributed by atoms with Gasteiger partial charge in [0.2, 0.25) is 23.5 Å². The van der Waals surface area contributed by atoms with Crippen LogP contribution in [0.4, 0.5) is 0 Å². The van der Waals surface area contributed by atoms with Gasteiger partial charge in [0, 0.05) is 42.5 Å². The van der Waals surface area contributed by atoms with Gasteiger partial charge in [0.15, 0.2) is 0 Å². The quantitative estimate of drug-likeness (QED) is 0.250. The number of hydrogen-bond donors (Lipinski definition) is 4. The minimum Gasteiger partial charge on any atom is -0.361 e. The lowest BCUT2D eigenvalue weighted by atomic mass is 9.49. The number of aromatic nitrogens is 1. The van der Waals surface area contributed by atoms with Gasteiger partial charge in [-0.1, -0.05) is 45.4 Å². The minimum absolute atomic E-state index is 0.000527. The summed E-state index contributed by atoms with van der Waals surface area (Å²) in [6, 6.07) is 5.09. The van der Waals surface area contributed by atoms with Crippen molar-refractivity contribution in [2.45, 2.75) is 128 Å². The molecule has 5 atom stereocenters. The molecule has 2 heterocycles. The van der Waals surface area contributed by atoms with Gasteiger partial charge in [-0.05, 0) is 116 Å². The topological polar surface area (TPSA) is 140 Å². The van der Waals surface area contributed by atoms with Gasteiger partial charge in [-0.3, -0.25) is 24.0 Å². The van der Waals surface area contributed by atoms with Gasteiger partial charge < -0.3 is 25.8 Å². The Morgan fingerprint density at radius 1 is 0.922 bits per heavy atom. The molecule has 4 bridgehead atoms. The van der Waals surface area contributed by atoms with E-state index in [1.165, 1.54) is 19.3 Å². The zero-order chi connectivity index (χ0) is 35.7. The summed E-state index contributed by atoms with van der Waals surface area (Å²) in [6.45, 7) is 6.37. The number of likely N-dealkylation sites (tertiary alicyclic amines) is 1. The third-order valence-corrected chi connectivity index (χ3v) is 13.4. The molecule has 6 saturated carbocycles. The average Bonchev–Trinajstić information content (AvgIpc) is 3.43. The highest BCUT2D eigenvalue weighted by molar-refractivity contribution is 6.38. The van der Waals surface area contributed by atoms with Crippen LogP contribution < -0.4 is 16.0 Å². The number of fused-ring (bicyclic) bond motifs is 2. The first-order valence-electron chi connectivity index (χ1n) is 19.7. The van der Waals surface area contributed by atoms with Crippen molar-refractivity contribution in [1.82, 2.24) is 25.8 Å². The highest BCUT2D eigenvalue weighted by Gasteiger charge is 2.54. The molecule has 1 aromatic carbocycles. The molecular weight excluding hydrogens is 642 g/mol. The number of H-pyrrole nitrogens is 1. The first-order chi connectivity index (χ1) is 24.4. The first-order valence-corrected chi connectivity index (χ1v) is 19.7. The van der Waals surface area contributed by atoms with Crippen molar-refractivity contribution in [1.29, 1.82) is 0 Å². The summed E-state index contributed by atoms with van der Waals surface area (Å²) < 4.78 is 0. The number of ketones is 1. The van der Waals surface area contributed by atoms with Crippen LogP contribution in [0.5, 0.6) is 0 Å². The van der Waals surface area contributed by atoms with Crippen LogP contribution in [0, 0.1) is 40.4 Å². The van der Waals surface area contributed by atoms with Crippen molar-refractivity contribution in [2.75, 3.05) is 6.54 Å². The normalized spacial score (nSPS) is 32.0. The molecule has 10 heteroatoms. The van der Waals surface area contributed by atoms with Crippen LogP contribution >= 0.6 is 0 Å². The van der Waals surface area contributed by atoms with E-state index in [1.54, 1.807) is 4.90 Å². The molecule has 0 unspecified atom stereocenters. The van der Waals surface area contributed by atoms with E-state index in [0.29, 0.717) is 13.0 Å². The number of aromatic amines is 1. The molecular formula is C41H55N5O5. The van der Waals surface area contributed by atoms with Crippen LogP contribution in [0.15, 0.2) is 30.5 Å². The van der Waals surface area contributed by atoms with Gasteiger partial charge in [-0.25, -0.2) is 0 Å². The molecule has 274 valence electrons. The van der Waals surface area contributed by atoms with E-state index < -0.39 is 41.1 Å². The Morgan fingerprint density at radius 2 is 1.61 bits per heavy atom. The number of carbonyl (C=O) groups is 5. The van der Waals surface area contributed by atoms with Crippen LogP contribution in [-0.4, -0.2) is 70.0 Å². The summed E-state index contributed by atoms with van der Waals surface area (Å²) >= 11 is 0. The van der Waals surface area contributed by atoms with Crippen molar-refractivity contribution in [3.8, 4) is 0 Å². The lowest BCUT2D eigenvalue weighted by molar-refractivity contribution is -0.146. The maximum Gasteiger partial charge on any atom is 0.289 e. The number of rotatable bonds is 11. The molecule has 0 spiro atoms. The van der Waals surface area contributed by atoms with Crippen LogP contribution in [0.2, 0.25) is 0 Å². The molecule has 1 saturated heterocycles. The molecule has 4 amide bonds. The molecule has 4 N–H and O–H groups in total. The predicted octanol–water partition coefficient (Wildman–Crippen LogP) is 4.81. The maximum absolute atomic E-state index is 14.7. The Bertz CT molecular complexity index is 1680. The first kappa shape index (κ1) is 34.4. The fraction of sp³-hybridized carbons (Fsp3) is 0.683. The molecule has 1 aliphatic heterocycles. The average molecular weight is 698 g/mol. The highest BCUT2D eigenvalue weighted by atomic mass is 16.2. The molecule has 2 aromatic rings. The van der Waals surface area contributed by atoms with E-state index in [0.717, 1.165) is 85.6 Å². The molecule has 6 aliphatic carbocycles. The molecule has 0 radical (unpaired) electrons. The number of para-hydroxylation sites is 1. The molecule has 9 rings (SSSR count). The second kappa shape index (κ2) is 13.1. The van der Waals surface area contributed by atoms with E-state index in [1.807, 2.05) is 51.2 Å². The number of carbonyl (C=O) groups excluding carboxylic acids is 5. The Labute approximate surface area is 301 Å². The maximum atomic E-state index is 14.7. The van der Waals surface area contributed by atoms with Crippen LogP contribution in [0.1, 0.15) is 103 Å². The lowest BCUT2D eigenvalue weighted by Crippen LogP contribution is -2.60. The van der Waals surface area contributed by atoms with Gasteiger partial charge in [0.05, 0.1) is 0 Å². The van der Waals surface area contributed by atoms with Crippen LogP contribution in [-0.2, 0) is 30.4 Å². The summed E-state index contributed by atoms with van der Waals surface area (Å²) in [7, 11) is 0. The van der Waals surface area contributed by atoms with Crippen molar-refractivity contribution >= 4 is 40.3 Å². The SMILES string of the molecule is CC(C)(C)[C@H](NC(=O)CC12CC3CC(CC(C3)C1)C2)C(=O)N1C[C@@H]2CCC[C@@H]2[C@H]1C(=O)N[C@@H](Cc1c[nH]c2ccccc12)C(=O)C(=O)NC1CC1. The number of amides is 4. The Kier molecular flexibility index (Phi) is 8.81.